The van der Waals surface area contributed by atoms with Crippen LogP contribution in [-0.4, -0.2) is 275 Å². The maximum absolute atomic E-state index is 13.0. The van der Waals surface area contributed by atoms with Crippen molar-refractivity contribution in [1.82, 2.24) is 0 Å². The third-order valence-electron chi connectivity index (χ3n) is 15.4. The van der Waals surface area contributed by atoms with Gasteiger partial charge in [0.25, 0.3) is 0 Å². The van der Waals surface area contributed by atoms with E-state index in [-0.39, 0.29) is 45.3 Å². The molecule has 0 amide bonds. The zero-order valence-corrected chi connectivity index (χ0v) is 49.3. The highest BCUT2D eigenvalue weighted by Crippen LogP contribution is 2.48. The second-order valence-corrected chi connectivity index (χ2v) is 22.2. The third kappa shape index (κ3) is 16.3. The fraction of sp³-hybridized carbons (Fsp3) is 0.433. The molecule has 5 aliphatic heterocycles. The molecular weight excluding hydrogens is 1300 g/mol. The number of aromatic hydroxyl groups is 6. The van der Waals surface area contributed by atoms with Gasteiger partial charge in [0.15, 0.2) is 46.4 Å². The Hall–Kier alpha value is -8.90. The van der Waals surface area contributed by atoms with Gasteiger partial charge in [0, 0.05) is 29.8 Å². The van der Waals surface area contributed by atoms with Crippen molar-refractivity contribution >= 4 is 42.1 Å². The van der Waals surface area contributed by atoms with Crippen LogP contribution in [0.15, 0.2) is 78.6 Å². The minimum absolute atomic E-state index is 0.134. The topological polar surface area (TPSA) is 584 Å². The van der Waals surface area contributed by atoms with Gasteiger partial charge >= 0.3 is 23.9 Å². The molecule has 21 atom stereocenters. The lowest BCUT2D eigenvalue weighted by molar-refractivity contribution is -0.294. The number of fused-ring (bicyclic) bond motifs is 1. The van der Waals surface area contributed by atoms with E-state index in [1.807, 2.05) is 0 Å². The van der Waals surface area contributed by atoms with Crippen molar-refractivity contribution in [2.45, 2.75) is 135 Å². The van der Waals surface area contributed by atoms with E-state index >= 15 is 0 Å². The lowest BCUT2D eigenvalue weighted by Gasteiger charge is -2.41. The highest BCUT2D eigenvalue weighted by Gasteiger charge is 2.50. The number of carbonyl (C=O) groups is 4. The van der Waals surface area contributed by atoms with Gasteiger partial charge in [-0.1, -0.05) is 12.1 Å². The van der Waals surface area contributed by atoms with Gasteiger partial charge in [0.05, 0.1) is 12.2 Å². The summed E-state index contributed by atoms with van der Waals surface area (Å²) < 4.78 is 66.2. The first-order valence-corrected chi connectivity index (χ1v) is 28.8. The van der Waals surface area contributed by atoms with Gasteiger partial charge < -0.3 is 159 Å². The Balaban J connectivity index is 0.788. The van der Waals surface area contributed by atoms with Crippen LogP contribution in [0.3, 0.4) is 0 Å². The molecule has 4 saturated heterocycles. The number of aliphatic hydroxyl groups excluding tert-OH is 13. The zero-order valence-electron chi connectivity index (χ0n) is 49.3. The molecule has 4 aromatic rings. The average molecular weight is 1360 g/mol. The number of rotatable bonds is 22. The fourth-order valence-electron chi connectivity index (χ4n) is 10.1. The van der Waals surface area contributed by atoms with Crippen molar-refractivity contribution in [1.29, 1.82) is 0 Å². The fourth-order valence-corrected chi connectivity index (χ4v) is 10.1. The Morgan fingerprint density at radius 3 is 1.30 bits per heavy atom. The van der Waals surface area contributed by atoms with E-state index in [0.29, 0.717) is 0 Å². The summed E-state index contributed by atoms with van der Waals surface area (Å²) in [5, 5.41) is 209. The van der Waals surface area contributed by atoms with Crippen LogP contribution in [0.1, 0.15) is 34.8 Å². The van der Waals surface area contributed by atoms with Crippen LogP contribution in [0, 0.1) is 0 Å². The molecule has 9 rings (SSSR count). The standard InChI is InChI=1S/C60H66O36/c61-17-35-44(73)48(77)53(82)58(93-35)90-31-5-1-21(9-27(31)63)4-8-41(70)86-19-37-46(75)50(79)54(83)59(95-37)91-32-6-2-22(10-28(32)64)3-7-40(69)85-18-36-45(74)49(78)52(81)57(94-36)88-24-13-26(62)25-15-34(56(89-33(25)14-24)23-11-29(65)43(72)30(66)12-23)92-60-55(84)51(80)47(76)38(96-60)20-87-42(71)16-39(67)68/h1-15,35-38,44-66,72-84H,16-20H2,(H,67,68). The summed E-state index contributed by atoms with van der Waals surface area (Å²) in [7, 11) is 0. The van der Waals surface area contributed by atoms with Crippen LogP contribution in [0.5, 0.6) is 57.5 Å². The molecule has 0 spiro atoms. The lowest BCUT2D eigenvalue weighted by atomic mass is 9.98. The molecule has 0 saturated carbocycles. The van der Waals surface area contributed by atoms with Crippen molar-refractivity contribution in [3.05, 3.63) is 101 Å². The predicted octanol–water partition coefficient (Wildman–Crippen LogP) is -4.70. The Morgan fingerprint density at radius 2 is 0.865 bits per heavy atom. The molecular formula is C60H66O36. The largest absolute Gasteiger partial charge is 0.507 e. The number of benzene rings is 4. The van der Waals surface area contributed by atoms with Crippen LogP contribution >= 0.6 is 0 Å². The number of carboxylic acid groups (broad SMARTS) is 1. The van der Waals surface area contributed by atoms with E-state index in [2.05, 4.69) is 0 Å². The molecule has 4 aromatic carbocycles. The first-order valence-electron chi connectivity index (χ1n) is 28.8. The number of hydrogen-bond acceptors (Lipinski definition) is 35. The molecule has 20 N–H and O–H groups in total. The summed E-state index contributed by atoms with van der Waals surface area (Å²) in [5.41, 5.74) is -0.0405. The van der Waals surface area contributed by atoms with Crippen molar-refractivity contribution in [3.8, 4) is 57.5 Å². The minimum atomic E-state index is -2.06. The van der Waals surface area contributed by atoms with Gasteiger partial charge in [-0.3, -0.25) is 9.59 Å². The molecule has 4 fully saturated rings. The smallest absolute Gasteiger partial charge is 0.330 e. The number of esters is 3. The van der Waals surface area contributed by atoms with Crippen LogP contribution < -0.4 is 18.9 Å². The van der Waals surface area contributed by atoms with Crippen LogP contribution in [0.4, 0.5) is 0 Å². The molecule has 21 unspecified atom stereocenters. The first-order chi connectivity index (χ1) is 45.5. The number of carboxylic acids is 1. The van der Waals surface area contributed by atoms with Gasteiger partial charge in [0.2, 0.25) is 25.2 Å². The number of phenols is 6. The molecule has 522 valence electrons. The van der Waals surface area contributed by atoms with E-state index in [0.717, 1.165) is 66.8 Å². The molecule has 0 bridgehead atoms. The van der Waals surface area contributed by atoms with Crippen LogP contribution in [0.2, 0.25) is 0 Å². The molecule has 36 heteroatoms. The second-order valence-electron chi connectivity index (χ2n) is 22.2. The van der Waals surface area contributed by atoms with Crippen LogP contribution in [0.25, 0.3) is 18.2 Å². The number of aliphatic carboxylic acids is 1. The summed E-state index contributed by atoms with van der Waals surface area (Å²) in [5.74, 6) is -11.0. The number of hydrogen-bond donors (Lipinski definition) is 20. The first kappa shape index (κ1) is 71.4. The van der Waals surface area contributed by atoms with Crippen molar-refractivity contribution < 1.29 is 178 Å². The van der Waals surface area contributed by atoms with E-state index in [1.165, 1.54) is 24.3 Å². The molecule has 0 radical (unpaired) electrons. The summed E-state index contributed by atoms with van der Waals surface area (Å²) in [4.78, 5) is 48.5. The van der Waals surface area contributed by atoms with Gasteiger partial charge in [-0.15, -0.1) is 0 Å². The molecule has 36 nitrogen and oxygen atoms in total. The Bertz CT molecular complexity index is 3510. The van der Waals surface area contributed by atoms with E-state index in [4.69, 9.17) is 61.9 Å². The van der Waals surface area contributed by atoms with E-state index in [9.17, 15) is 116 Å². The average Bonchev–Trinajstić information content (AvgIpc) is 0.777. The number of ether oxygens (including phenoxy) is 12. The monoisotopic (exact) mass is 1360 g/mol. The minimum Gasteiger partial charge on any atom is -0.507 e. The normalized spacial score (nSPS) is 32.1. The maximum atomic E-state index is 13.0. The lowest BCUT2D eigenvalue weighted by Crippen LogP contribution is -2.60. The summed E-state index contributed by atoms with van der Waals surface area (Å²) in [6.45, 7) is -3.07. The van der Waals surface area contributed by atoms with Crippen molar-refractivity contribution in [2.24, 2.45) is 0 Å². The quantitative estimate of drug-likeness (QED) is 0.0116. The van der Waals surface area contributed by atoms with E-state index < -0.39 is 226 Å². The summed E-state index contributed by atoms with van der Waals surface area (Å²) in [6.07, 6.45) is -33.6. The Morgan fingerprint density at radius 1 is 0.448 bits per heavy atom. The van der Waals surface area contributed by atoms with Gasteiger partial charge in [-0.25, -0.2) is 9.59 Å². The molecule has 0 aromatic heterocycles. The van der Waals surface area contributed by atoms with Gasteiger partial charge in [-0.05, 0) is 65.8 Å². The number of carbonyl (C=O) groups excluding carboxylic acids is 3. The molecule has 5 heterocycles. The summed E-state index contributed by atoms with van der Waals surface area (Å²) in [6, 6.07) is 11.2. The van der Waals surface area contributed by atoms with Crippen molar-refractivity contribution in [3.63, 3.8) is 0 Å². The SMILES string of the molecule is O=C(O)CC(=O)OCC1OC(OC2=Cc3c(O)cc(OC4OC(COC(=O)C=Cc5ccc(OC6OC(COC(=O)C=Cc7ccc(OC8OC(CO)C(O)C(O)C8O)c(O)c7)C(O)C(O)C6O)c(O)c5)C(O)C(O)C4O)cc3OC2c2cc(O)c(O)c(O)c2)C(O)C(O)C1O. The van der Waals surface area contributed by atoms with Gasteiger partial charge in [0.1, 0.15) is 147 Å². The number of phenolic OH excluding ortho intramolecular Hbond substituents is 6. The van der Waals surface area contributed by atoms with Crippen LogP contribution in [-0.2, 0) is 57.1 Å². The molecule has 0 aliphatic carbocycles. The molecule has 5 aliphatic rings. The maximum Gasteiger partial charge on any atom is 0.330 e. The number of aliphatic hydroxyl groups is 13. The highest BCUT2D eigenvalue weighted by molar-refractivity contribution is 5.90. The van der Waals surface area contributed by atoms with E-state index in [1.54, 1.807) is 0 Å². The highest BCUT2D eigenvalue weighted by atomic mass is 16.7. The molecule has 96 heavy (non-hydrogen) atoms. The third-order valence-corrected chi connectivity index (χ3v) is 15.4. The predicted molar refractivity (Wildman–Crippen MR) is 307 cm³/mol. The summed E-state index contributed by atoms with van der Waals surface area (Å²) >= 11 is 0. The Kier molecular flexibility index (Phi) is 22.6. The Labute approximate surface area is 539 Å². The zero-order chi connectivity index (χ0) is 69.7. The van der Waals surface area contributed by atoms with Crippen molar-refractivity contribution in [2.75, 3.05) is 26.4 Å². The van der Waals surface area contributed by atoms with Gasteiger partial charge in [-0.2, -0.15) is 0 Å². The second kappa shape index (κ2) is 30.4.